The molecule has 0 unspecified atom stereocenters. The highest BCUT2D eigenvalue weighted by atomic mass is 79.9. The van der Waals surface area contributed by atoms with Gasteiger partial charge in [0.25, 0.3) is 0 Å². The molecule has 0 aliphatic heterocycles. The summed E-state index contributed by atoms with van der Waals surface area (Å²) in [5.74, 6) is 0.746. The monoisotopic (exact) mass is 339 g/mol. The molecule has 2 rings (SSSR count). The third-order valence-corrected chi connectivity index (χ3v) is 3.38. The number of hydrogen-bond donors (Lipinski definition) is 1. The summed E-state index contributed by atoms with van der Waals surface area (Å²) in [6, 6.07) is 7.90. The minimum atomic E-state index is -0.350. The lowest BCUT2D eigenvalue weighted by atomic mass is 10.1. The van der Waals surface area contributed by atoms with E-state index in [1.807, 2.05) is 19.9 Å². The second kappa shape index (κ2) is 6.33. The van der Waals surface area contributed by atoms with E-state index in [1.165, 1.54) is 18.2 Å². The van der Waals surface area contributed by atoms with Crippen molar-refractivity contribution in [3.05, 3.63) is 51.9 Å². The normalized spacial score (nSPS) is 10.9. The fourth-order valence-electron chi connectivity index (χ4n) is 1.68. The van der Waals surface area contributed by atoms with E-state index in [0.29, 0.717) is 16.1 Å². The molecule has 1 aromatic heterocycles. The molecule has 1 N–H and O–H groups in total. The molecule has 0 aliphatic rings. The Labute approximate surface area is 125 Å². The number of aromatic nitrogens is 1. The first-order chi connectivity index (χ1) is 9.49. The van der Waals surface area contributed by atoms with Crippen LogP contribution in [0.4, 0.5) is 4.39 Å². The van der Waals surface area contributed by atoms with Crippen LogP contribution in [0.5, 0.6) is 11.6 Å². The molecule has 0 spiro atoms. The van der Waals surface area contributed by atoms with Gasteiger partial charge in [-0.15, -0.1) is 0 Å². The van der Waals surface area contributed by atoms with Crippen LogP contribution in [-0.2, 0) is 6.61 Å². The van der Waals surface area contributed by atoms with Crippen molar-refractivity contribution >= 4 is 15.9 Å². The Morgan fingerprint density at radius 1 is 1.30 bits per heavy atom. The largest absolute Gasteiger partial charge is 0.439 e. The van der Waals surface area contributed by atoms with Crippen molar-refractivity contribution < 1.29 is 14.2 Å². The topological polar surface area (TPSA) is 42.4 Å². The van der Waals surface area contributed by atoms with Crippen molar-refractivity contribution in [2.75, 3.05) is 0 Å². The first kappa shape index (κ1) is 14.9. The second-order valence-electron chi connectivity index (χ2n) is 4.73. The fraction of sp³-hybridized carbons (Fsp3) is 0.267. The van der Waals surface area contributed by atoms with Crippen molar-refractivity contribution in [1.29, 1.82) is 0 Å². The summed E-state index contributed by atoms with van der Waals surface area (Å²) in [7, 11) is 0. The molecule has 0 aliphatic carbocycles. The lowest BCUT2D eigenvalue weighted by Gasteiger charge is -2.11. The van der Waals surface area contributed by atoms with Gasteiger partial charge in [-0.3, -0.25) is 0 Å². The lowest BCUT2D eigenvalue weighted by molar-refractivity contribution is 0.280. The molecule has 20 heavy (non-hydrogen) atoms. The summed E-state index contributed by atoms with van der Waals surface area (Å²) < 4.78 is 19.1. The first-order valence-electron chi connectivity index (χ1n) is 6.24. The van der Waals surface area contributed by atoms with Crippen LogP contribution in [0.1, 0.15) is 31.0 Å². The molecule has 1 heterocycles. The van der Waals surface area contributed by atoms with Gasteiger partial charge in [-0.1, -0.05) is 13.8 Å². The van der Waals surface area contributed by atoms with E-state index in [9.17, 15) is 9.50 Å². The number of aliphatic hydroxyl groups excluding tert-OH is 1. The summed E-state index contributed by atoms with van der Waals surface area (Å²) in [6.07, 6.45) is 0. The molecule has 2 aromatic rings. The maximum Gasteiger partial charge on any atom is 0.219 e. The summed E-state index contributed by atoms with van der Waals surface area (Å²) in [6.45, 7) is 3.95. The van der Waals surface area contributed by atoms with Crippen LogP contribution in [0.15, 0.2) is 34.8 Å². The van der Waals surface area contributed by atoms with E-state index in [-0.39, 0.29) is 18.3 Å². The Morgan fingerprint density at radius 2 is 2.05 bits per heavy atom. The van der Waals surface area contributed by atoms with Gasteiger partial charge in [0, 0.05) is 11.8 Å². The van der Waals surface area contributed by atoms with Gasteiger partial charge in [-0.2, -0.15) is 0 Å². The number of pyridine rings is 1. The number of aliphatic hydroxyl groups is 1. The van der Waals surface area contributed by atoms with Crippen molar-refractivity contribution in [1.82, 2.24) is 4.98 Å². The van der Waals surface area contributed by atoms with Crippen LogP contribution in [0.3, 0.4) is 0 Å². The first-order valence-corrected chi connectivity index (χ1v) is 7.03. The van der Waals surface area contributed by atoms with Gasteiger partial charge >= 0.3 is 0 Å². The SMILES string of the molecule is CC(C)c1cc(CO)cc(Oc2ccc(F)c(Br)c2)n1. The quantitative estimate of drug-likeness (QED) is 0.898. The van der Waals surface area contributed by atoms with Gasteiger partial charge in [0.2, 0.25) is 5.88 Å². The molecule has 0 fully saturated rings. The summed E-state index contributed by atoms with van der Waals surface area (Å²) in [4.78, 5) is 4.39. The molecule has 0 bridgehead atoms. The predicted octanol–water partition coefficient (Wildman–Crippen LogP) is 4.39. The smallest absolute Gasteiger partial charge is 0.219 e. The molecule has 1 aromatic carbocycles. The minimum Gasteiger partial charge on any atom is -0.439 e. The van der Waals surface area contributed by atoms with E-state index in [1.54, 1.807) is 6.07 Å². The molecule has 0 radical (unpaired) electrons. The number of benzene rings is 1. The van der Waals surface area contributed by atoms with Crippen LogP contribution in [0.25, 0.3) is 0 Å². The molecule has 5 heteroatoms. The van der Waals surface area contributed by atoms with E-state index < -0.39 is 0 Å². The molecule has 0 saturated carbocycles. The minimum absolute atomic E-state index is 0.0777. The molecule has 106 valence electrons. The van der Waals surface area contributed by atoms with E-state index >= 15 is 0 Å². The Hall–Kier alpha value is -1.46. The number of ether oxygens (including phenoxy) is 1. The Balaban J connectivity index is 2.32. The van der Waals surface area contributed by atoms with Crippen molar-refractivity contribution in [3.8, 4) is 11.6 Å². The average Bonchev–Trinajstić information content (AvgIpc) is 2.42. The number of nitrogens with zero attached hydrogens (tertiary/aromatic N) is 1. The van der Waals surface area contributed by atoms with Crippen LogP contribution in [0, 0.1) is 5.82 Å². The van der Waals surface area contributed by atoms with E-state index in [4.69, 9.17) is 4.74 Å². The zero-order chi connectivity index (χ0) is 14.7. The molecule has 0 atom stereocenters. The molecular formula is C15H15BrFNO2. The fourth-order valence-corrected chi connectivity index (χ4v) is 2.04. The number of hydrogen-bond acceptors (Lipinski definition) is 3. The summed E-state index contributed by atoms with van der Waals surface area (Å²) in [5.41, 5.74) is 1.58. The predicted molar refractivity (Wildman–Crippen MR) is 78.4 cm³/mol. The maximum absolute atomic E-state index is 13.2. The van der Waals surface area contributed by atoms with Crippen molar-refractivity contribution in [2.24, 2.45) is 0 Å². The highest BCUT2D eigenvalue weighted by Crippen LogP contribution is 2.27. The van der Waals surface area contributed by atoms with Gasteiger partial charge in [-0.25, -0.2) is 9.37 Å². The third-order valence-electron chi connectivity index (χ3n) is 2.77. The Bertz CT molecular complexity index is 617. The average molecular weight is 340 g/mol. The summed E-state index contributed by atoms with van der Waals surface area (Å²) in [5, 5.41) is 9.27. The van der Waals surface area contributed by atoms with Crippen LogP contribution >= 0.6 is 15.9 Å². The number of halogens is 2. The van der Waals surface area contributed by atoms with Gasteiger partial charge in [0.05, 0.1) is 11.1 Å². The van der Waals surface area contributed by atoms with E-state index in [2.05, 4.69) is 20.9 Å². The number of rotatable bonds is 4. The third kappa shape index (κ3) is 3.55. The van der Waals surface area contributed by atoms with Crippen LogP contribution in [0.2, 0.25) is 0 Å². The summed E-state index contributed by atoms with van der Waals surface area (Å²) >= 11 is 3.11. The molecule has 0 amide bonds. The van der Waals surface area contributed by atoms with Crippen LogP contribution < -0.4 is 4.74 Å². The van der Waals surface area contributed by atoms with Gasteiger partial charge in [-0.05, 0) is 51.7 Å². The second-order valence-corrected chi connectivity index (χ2v) is 5.58. The standard InChI is InChI=1S/C15H15BrFNO2/c1-9(2)14-5-10(8-19)6-15(18-14)20-11-3-4-13(17)12(16)7-11/h3-7,9,19H,8H2,1-2H3. The Kier molecular flexibility index (Phi) is 4.73. The van der Waals surface area contributed by atoms with Crippen molar-refractivity contribution in [3.63, 3.8) is 0 Å². The molecular weight excluding hydrogens is 325 g/mol. The lowest BCUT2D eigenvalue weighted by Crippen LogP contribution is -1.98. The van der Waals surface area contributed by atoms with Crippen molar-refractivity contribution in [2.45, 2.75) is 26.4 Å². The van der Waals surface area contributed by atoms with Crippen LogP contribution in [-0.4, -0.2) is 10.1 Å². The Morgan fingerprint density at radius 3 is 2.65 bits per heavy atom. The van der Waals surface area contributed by atoms with E-state index in [0.717, 1.165) is 11.3 Å². The molecule has 0 saturated heterocycles. The highest BCUT2D eigenvalue weighted by molar-refractivity contribution is 9.10. The zero-order valence-corrected chi connectivity index (χ0v) is 12.8. The van der Waals surface area contributed by atoms with Gasteiger partial charge in [0.1, 0.15) is 11.6 Å². The maximum atomic E-state index is 13.2. The van der Waals surface area contributed by atoms with Gasteiger partial charge in [0.15, 0.2) is 0 Å². The highest BCUT2D eigenvalue weighted by Gasteiger charge is 2.09. The zero-order valence-electron chi connectivity index (χ0n) is 11.2. The molecule has 3 nitrogen and oxygen atoms in total. The van der Waals surface area contributed by atoms with Gasteiger partial charge < -0.3 is 9.84 Å².